The maximum atomic E-state index is 12.2. The maximum Gasteiger partial charge on any atom is 0.235 e. The van der Waals surface area contributed by atoms with E-state index < -0.39 is 10.0 Å². The molecule has 0 fully saturated rings. The average molecular weight is 375 g/mol. The van der Waals surface area contributed by atoms with Crippen LogP contribution < -0.4 is 5.32 Å². The number of hydrogen-bond acceptors (Lipinski definition) is 3. The Bertz CT molecular complexity index is 803. The van der Waals surface area contributed by atoms with Crippen LogP contribution in [0.25, 0.3) is 0 Å². The second kappa shape index (κ2) is 9.50. The van der Waals surface area contributed by atoms with Gasteiger partial charge in [-0.15, -0.1) is 0 Å². The number of benzene rings is 2. The Balaban J connectivity index is 1.84. The van der Waals surface area contributed by atoms with Crippen LogP contribution in [0.4, 0.5) is 0 Å². The molecule has 0 saturated heterocycles. The van der Waals surface area contributed by atoms with Gasteiger partial charge in [-0.1, -0.05) is 60.2 Å². The molecule has 2 aromatic rings. The van der Waals surface area contributed by atoms with Crippen LogP contribution in [0.1, 0.15) is 23.1 Å². The first-order valence-electron chi connectivity index (χ1n) is 8.66. The first-order chi connectivity index (χ1) is 12.3. The molecule has 0 aliphatic carbocycles. The minimum absolute atomic E-state index is 0.153. The highest BCUT2D eigenvalue weighted by Gasteiger charge is 2.19. The zero-order valence-electron chi connectivity index (χ0n) is 15.3. The normalized spacial score (nSPS) is 11.5. The van der Waals surface area contributed by atoms with Gasteiger partial charge in [-0.3, -0.25) is 4.79 Å². The van der Waals surface area contributed by atoms with Crippen molar-refractivity contribution in [2.45, 2.75) is 26.3 Å². The van der Waals surface area contributed by atoms with E-state index >= 15 is 0 Å². The molecular formula is C20H26N2O3S. The third-order valence-corrected chi connectivity index (χ3v) is 5.36. The van der Waals surface area contributed by atoms with Gasteiger partial charge in [0.05, 0.1) is 12.8 Å². The molecule has 0 heterocycles. The van der Waals surface area contributed by atoms with Gasteiger partial charge < -0.3 is 5.32 Å². The van der Waals surface area contributed by atoms with Gasteiger partial charge in [-0.25, -0.2) is 8.42 Å². The Labute approximate surface area is 156 Å². The van der Waals surface area contributed by atoms with Crippen molar-refractivity contribution in [3.8, 4) is 0 Å². The van der Waals surface area contributed by atoms with E-state index in [1.165, 1.54) is 4.31 Å². The molecule has 0 unspecified atom stereocenters. The number of rotatable bonds is 9. The van der Waals surface area contributed by atoms with E-state index in [1.54, 1.807) is 0 Å². The summed E-state index contributed by atoms with van der Waals surface area (Å²) in [6.45, 7) is 2.56. The summed E-state index contributed by atoms with van der Waals surface area (Å²) in [5.41, 5.74) is 3.30. The van der Waals surface area contributed by atoms with E-state index in [9.17, 15) is 13.2 Å². The summed E-state index contributed by atoms with van der Waals surface area (Å²) in [5.74, 6) is -0.296. The van der Waals surface area contributed by atoms with Gasteiger partial charge in [0.25, 0.3) is 0 Å². The van der Waals surface area contributed by atoms with E-state index in [0.717, 1.165) is 29.4 Å². The summed E-state index contributed by atoms with van der Waals surface area (Å²) in [6, 6.07) is 17.8. The van der Waals surface area contributed by atoms with Crippen LogP contribution in [-0.4, -0.2) is 38.0 Å². The molecule has 1 amide bonds. The van der Waals surface area contributed by atoms with Crippen molar-refractivity contribution in [2.24, 2.45) is 0 Å². The fourth-order valence-corrected chi connectivity index (χ4v) is 3.40. The third-order valence-electron chi connectivity index (χ3n) is 4.12. The lowest BCUT2D eigenvalue weighted by atomic mass is 10.1. The maximum absolute atomic E-state index is 12.2. The van der Waals surface area contributed by atoms with Gasteiger partial charge in [0.15, 0.2) is 0 Å². The molecule has 26 heavy (non-hydrogen) atoms. The molecule has 5 nitrogen and oxygen atoms in total. The lowest BCUT2D eigenvalue weighted by molar-refractivity contribution is -0.121. The third kappa shape index (κ3) is 6.98. The van der Waals surface area contributed by atoms with Crippen molar-refractivity contribution in [1.29, 1.82) is 0 Å². The largest absolute Gasteiger partial charge is 0.351 e. The summed E-state index contributed by atoms with van der Waals surface area (Å²) in [7, 11) is -3.43. The second-order valence-corrected chi connectivity index (χ2v) is 8.43. The molecule has 0 aromatic heterocycles. The van der Waals surface area contributed by atoms with Crippen LogP contribution in [-0.2, 0) is 27.8 Å². The fourth-order valence-electron chi connectivity index (χ4n) is 2.59. The van der Waals surface area contributed by atoms with Crippen LogP contribution >= 0.6 is 0 Å². The van der Waals surface area contributed by atoms with Crippen LogP contribution in [0.15, 0.2) is 54.6 Å². The van der Waals surface area contributed by atoms with Gasteiger partial charge in [0.2, 0.25) is 15.9 Å². The Kier molecular flexibility index (Phi) is 7.36. The number of hydrogen-bond donors (Lipinski definition) is 1. The highest BCUT2D eigenvalue weighted by atomic mass is 32.2. The number of amides is 1. The topological polar surface area (TPSA) is 66.5 Å². The number of carbonyl (C=O) groups is 1. The Morgan fingerprint density at radius 3 is 2.27 bits per heavy atom. The first-order valence-corrected chi connectivity index (χ1v) is 10.5. The molecule has 0 bridgehead atoms. The zero-order chi connectivity index (χ0) is 19.0. The molecule has 140 valence electrons. The number of nitrogens with one attached hydrogen (secondary N) is 1. The van der Waals surface area contributed by atoms with Gasteiger partial charge in [0, 0.05) is 13.1 Å². The van der Waals surface area contributed by atoms with Gasteiger partial charge in [0.1, 0.15) is 0 Å². The first kappa shape index (κ1) is 20.1. The fraction of sp³-hybridized carbons (Fsp3) is 0.350. The number of sulfonamides is 1. The highest BCUT2D eigenvalue weighted by Crippen LogP contribution is 2.06. The van der Waals surface area contributed by atoms with Crippen LogP contribution in [0.5, 0.6) is 0 Å². The molecule has 0 atom stereocenters. The predicted molar refractivity (Wildman–Crippen MR) is 104 cm³/mol. The van der Waals surface area contributed by atoms with Crippen molar-refractivity contribution >= 4 is 15.9 Å². The van der Waals surface area contributed by atoms with Crippen LogP contribution in [0.2, 0.25) is 0 Å². The molecule has 2 aromatic carbocycles. The minimum Gasteiger partial charge on any atom is -0.351 e. The molecule has 2 rings (SSSR count). The lowest BCUT2D eigenvalue weighted by Gasteiger charge is -2.19. The van der Waals surface area contributed by atoms with Gasteiger partial charge in [-0.2, -0.15) is 4.31 Å². The summed E-state index contributed by atoms with van der Waals surface area (Å²) in [5, 5.41) is 2.78. The van der Waals surface area contributed by atoms with E-state index in [2.05, 4.69) is 5.32 Å². The molecule has 1 N–H and O–H groups in total. The second-order valence-electron chi connectivity index (χ2n) is 6.45. The molecule has 0 aliphatic rings. The lowest BCUT2D eigenvalue weighted by Crippen LogP contribution is -2.40. The van der Waals surface area contributed by atoms with E-state index in [0.29, 0.717) is 19.5 Å². The van der Waals surface area contributed by atoms with E-state index in [1.807, 2.05) is 61.5 Å². The molecule has 0 radical (unpaired) electrons. The number of carbonyl (C=O) groups excluding carboxylic acids is 1. The molecule has 6 heteroatoms. The molecule has 0 spiro atoms. The standard InChI is InChI=1S/C20H26N2O3S/c1-17-10-12-19(13-11-17)15-21-20(23)16-22(26(2,24)25)14-6-9-18-7-4-3-5-8-18/h3-5,7-8,10-13H,6,9,14-16H2,1-2H3,(H,21,23). The minimum atomic E-state index is -3.43. The van der Waals surface area contributed by atoms with Crippen molar-refractivity contribution in [2.75, 3.05) is 19.3 Å². The average Bonchev–Trinajstić information content (AvgIpc) is 2.60. The Morgan fingerprint density at radius 2 is 1.65 bits per heavy atom. The summed E-state index contributed by atoms with van der Waals surface area (Å²) in [4.78, 5) is 12.2. The smallest absolute Gasteiger partial charge is 0.235 e. The molecule has 0 saturated carbocycles. The summed E-state index contributed by atoms with van der Waals surface area (Å²) in [6.07, 6.45) is 2.59. The summed E-state index contributed by atoms with van der Waals surface area (Å²) >= 11 is 0. The Hall–Kier alpha value is -2.18. The van der Waals surface area contributed by atoms with Crippen molar-refractivity contribution in [3.05, 3.63) is 71.3 Å². The SMILES string of the molecule is Cc1ccc(CNC(=O)CN(CCCc2ccccc2)S(C)(=O)=O)cc1. The van der Waals surface area contributed by atoms with Gasteiger partial charge in [-0.05, 0) is 30.9 Å². The monoisotopic (exact) mass is 374 g/mol. The van der Waals surface area contributed by atoms with Crippen molar-refractivity contribution < 1.29 is 13.2 Å². The molecule has 0 aliphatic heterocycles. The quantitative estimate of drug-likeness (QED) is 0.733. The zero-order valence-corrected chi connectivity index (χ0v) is 16.1. The van der Waals surface area contributed by atoms with E-state index in [4.69, 9.17) is 0 Å². The van der Waals surface area contributed by atoms with E-state index in [-0.39, 0.29) is 12.5 Å². The summed E-state index contributed by atoms with van der Waals surface area (Å²) < 4.78 is 25.2. The van der Waals surface area contributed by atoms with Crippen molar-refractivity contribution in [1.82, 2.24) is 9.62 Å². The highest BCUT2D eigenvalue weighted by molar-refractivity contribution is 7.88. The van der Waals surface area contributed by atoms with Crippen LogP contribution in [0, 0.1) is 6.92 Å². The predicted octanol–water partition coefficient (Wildman–Crippen LogP) is 2.51. The van der Waals surface area contributed by atoms with Crippen molar-refractivity contribution in [3.63, 3.8) is 0 Å². The Morgan fingerprint density at radius 1 is 1.00 bits per heavy atom. The number of nitrogens with zero attached hydrogens (tertiary/aromatic N) is 1. The van der Waals surface area contributed by atoms with Crippen LogP contribution in [0.3, 0.4) is 0 Å². The molecular weight excluding hydrogens is 348 g/mol. The number of aryl methyl sites for hydroxylation is 2. The van der Waals surface area contributed by atoms with Gasteiger partial charge >= 0.3 is 0 Å².